The molecule has 15 heavy (non-hydrogen) atoms. The molecule has 2 aromatic heterocycles. The zero-order chi connectivity index (χ0) is 10.7. The third kappa shape index (κ3) is 2.21. The van der Waals surface area contributed by atoms with E-state index < -0.39 is 0 Å². The highest BCUT2D eigenvalue weighted by Crippen LogP contribution is 2.18. The Morgan fingerprint density at radius 2 is 2.33 bits per heavy atom. The second-order valence-corrected chi connectivity index (χ2v) is 3.43. The smallest absolute Gasteiger partial charge is 0.277 e. The van der Waals surface area contributed by atoms with Gasteiger partial charge in [0.05, 0.1) is 5.69 Å². The summed E-state index contributed by atoms with van der Waals surface area (Å²) >= 11 is 3.22. The van der Waals surface area contributed by atoms with Crippen LogP contribution in [0.25, 0.3) is 0 Å². The lowest BCUT2D eigenvalue weighted by Crippen LogP contribution is -2.12. The number of rotatable bonds is 2. The molecular weight excluding hydrogens is 262 g/mol. The molecule has 1 N–H and O–H groups in total. The fourth-order valence-electron chi connectivity index (χ4n) is 0.995. The monoisotopic (exact) mass is 267 g/mol. The van der Waals surface area contributed by atoms with Crippen molar-refractivity contribution in [1.29, 1.82) is 0 Å². The largest absolute Gasteiger partial charge is 0.364 e. The van der Waals surface area contributed by atoms with Crippen molar-refractivity contribution in [2.24, 2.45) is 0 Å². The van der Waals surface area contributed by atoms with Crippen LogP contribution in [-0.4, -0.2) is 16.0 Å². The molecule has 0 saturated heterocycles. The molecule has 0 spiro atoms. The van der Waals surface area contributed by atoms with E-state index in [2.05, 4.69) is 35.9 Å². The molecule has 0 bridgehead atoms. The van der Waals surface area contributed by atoms with Crippen molar-refractivity contribution in [3.05, 3.63) is 41.0 Å². The first-order valence-corrected chi connectivity index (χ1v) is 4.89. The minimum absolute atomic E-state index is 0.228. The first kappa shape index (κ1) is 9.85. The van der Waals surface area contributed by atoms with E-state index >= 15 is 0 Å². The van der Waals surface area contributed by atoms with E-state index in [9.17, 15) is 4.79 Å². The quantitative estimate of drug-likeness (QED) is 0.847. The predicted molar refractivity (Wildman–Crippen MR) is 56.4 cm³/mol. The molecule has 0 aliphatic rings. The van der Waals surface area contributed by atoms with Crippen molar-refractivity contribution >= 4 is 27.5 Å². The third-order valence-electron chi connectivity index (χ3n) is 1.68. The second-order valence-electron chi connectivity index (χ2n) is 2.68. The minimum atomic E-state index is -0.336. The van der Waals surface area contributed by atoms with E-state index in [0.29, 0.717) is 10.3 Å². The highest BCUT2D eigenvalue weighted by Gasteiger charge is 2.10. The molecule has 2 rings (SSSR count). The first-order valence-electron chi connectivity index (χ1n) is 4.09. The molecule has 1 amide bonds. The summed E-state index contributed by atoms with van der Waals surface area (Å²) in [6.45, 7) is 0. The van der Waals surface area contributed by atoms with E-state index in [1.54, 1.807) is 18.3 Å². The Bertz CT molecular complexity index is 470. The summed E-state index contributed by atoms with van der Waals surface area (Å²) < 4.78 is 5.14. The van der Waals surface area contributed by atoms with Crippen molar-refractivity contribution in [1.82, 2.24) is 10.1 Å². The molecule has 0 radical (unpaired) electrons. The lowest BCUT2D eigenvalue weighted by molar-refractivity contribution is 0.101. The Morgan fingerprint density at radius 1 is 1.47 bits per heavy atom. The molecule has 0 saturated carbocycles. The molecule has 0 aromatic carbocycles. The predicted octanol–water partition coefficient (Wildman–Crippen LogP) is 2.08. The Labute approximate surface area is 93.6 Å². The Morgan fingerprint density at radius 3 is 3.00 bits per heavy atom. The number of hydrogen-bond acceptors (Lipinski definition) is 4. The van der Waals surface area contributed by atoms with Crippen molar-refractivity contribution < 1.29 is 9.32 Å². The summed E-state index contributed by atoms with van der Waals surface area (Å²) in [5.74, 6) is -0.336. The van der Waals surface area contributed by atoms with Gasteiger partial charge in [-0.15, -0.1) is 0 Å². The van der Waals surface area contributed by atoms with Crippen LogP contribution in [-0.2, 0) is 0 Å². The lowest BCUT2D eigenvalue weighted by atomic mass is 10.3. The number of nitrogens with zero attached hydrogens (tertiary/aromatic N) is 2. The zero-order valence-electron chi connectivity index (χ0n) is 7.48. The van der Waals surface area contributed by atoms with Gasteiger partial charge in [0.2, 0.25) is 0 Å². The minimum Gasteiger partial charge on any atom is -0.364 e. The van der Waals surface area contributed by atoms with Gasteiger partial charge in [0.15, 0.2) is 5.69 Å². The molecule has 0 unspecified atom stereocenters. The number of aromatic nitrogens is 2. The van der Waals surface area contributed by atoms with E-state index in [-0.39, 0.29) is 11.6 Å². The summed E-state index contributed by atoms with van der Waals surface area (Å²) in [7, 11) is 0. The average Bonchev–Trinajstić information content (AvgIpc) is 2.74. The van der Waals surface area contributed by atoms with Crippen LogP contribution < -0.4 is 5.32 Å². The van der Waals surface area contributed by atoms with Crippen LogP contribution in [0.1, 0.15) is 10.5 Å². The van der Waals surface area contributed by atoms with Gasteiger partial charge in [0.1, 0.15) is 10.9 Å². The first-order chi connectivity index (χ1) is 7.27. The van der Waals surface area contributed by atoms with Crippen LogP contribution in [0, 0.1) is 0 Å². The Kier molecular flexibility index (Phi) is 2.77. The number of amides is 1. The van der Waals surface area contributed by atoms with Crippen molar-refractivity contribution in [2.75, 3.05) is 5.32 Å². The number of carbonyl (C=O) groups is 1. The van der Waals surface area contributed by atoms with Gasteiger partial charge >= 0.3 is 0 Å². The van der Waals surface area contributed by atoms with Crippen LogP contribution in [0.2, 0.25) is 0 Å². The number of carbonyl (C=O) groups excluding carboxylic acids is 1. The number of halogens is 1. The van der Waals surface area contributed by atoms with E-state index in [1.807, 2.05) is 0 Å². The van der Waals surface area contributed by atoms with Gasteiger partial charge in [-0.25, -0.2) is 4.98 Å². The number of nitrogens with one attached hydrogen (secondary N) is 1. The maximum absolute atomic E-state index is 11.5. The maximum atomic E-state index is 11.5. The van der Waals surface area contributed by atoms with Gasteiger partial charge < -0.3 is 9.84 Å². The summed E-state index contributed by atoms with van der Waals surface area (Å²) in [6.07, 6.45) is 2.96. The van der Waals surface area contributed by atoms with Crippen LogP contribution in [0.3, 0.4) is 0 Å². The standard InChI is InChI=1S/C9H6BrN3O2/c10-8-6(2-1-4-11-8)12-9(14)7-3-5-15-13-7/h1-5H,(H,12,14). The van der Waals surface area contributed by atoms with Crippen LogP contribution in [0.5, 0.6) is 0 Å². The molecule has 0 atom stereocenters. The van der Waals surface area contributed by atoms with E-state index in [1.165, 1.54) is 12.3 Å². The third-order valence-corrected chi connectivity index (χ3v) is 2.31. The van der Waals surface area contributed by atoms with Crippen molar-refractivity contribution in [2.45, 2.75) is 0 Å². The summed E-state index contributed by atoms with van der Waals surface area (Å²) in [4.78, 5) is 15.5. The molecule has 0 aliphatic carbocycles. The van der Waals surface area contributed by atoms with Gasteiger partial charge in [-0.2, -0.15) is 0 Å². The Hall–Kier alpha value is -1.69. The van der Waals surface area contributed by atoms with Gasteiger partial charge in [-0.3, -0.25) is 4.79 Å². The average molecular weight is 268 g/mol. The molecule has 2 aromatic rings. The van der Waals surface area contributed by atoms with Crippen molar-refractivity contribution in [3.63, 3.8) is 0 Å². The second kappa shape index (κ2) is 4.22. The normalized spacial score (nSPS) is 9.93. The molecule has 0 aliphatic heterocycles. The lowest BCUT2D eigenvalue weighted by Gasteiger charge is -2.03. The molecule has 5 nitrogen and oxygen atoms in total. The molecule has 0 fully saturated rings. The SMILES string of the molecule is O=C(Nc1cccnc1Br)c1ccon1. The van der Waals surface area contributed by atoms with Gasteiger partial charge in [-0.05, 0) is 28.1 Å². The molecular formula is C9H6BrN3O2. The highest BCUT2D eigenvalue weighted by atomic mass is 79.9. The fraction of sp³-hybridized carbons (Fsp3) is 0. The van der Waals surface area contributed by atoms with E-state index in [4.69, 9.17) is 0 Å². The fourth-order valence-corrected chi connectivity index (χ4v) is 1.34. The Balaban J connectivity index is 2.17. The van der Waals surface area contributed by atoms with Crippen LogP contribution in [0.4, 0.5) is 5.69 Å². The van der Waals surface area contributed by atoms with Crippen LogP contribution >= 0.6 is 15.9 Å². The zero-order valence-corrected chi connectivity index (χ0v) is 9.06. The van der Waals surface area contributed by atoms with Gasteiger partial charge in [0.25, 0.3) is 5.91 Å². The highest BCUT2D eigenvalue weighted by molar-refractivity contribution is 9.10. The topological polar surface area (TPSA) is 68.0 Å². The number of pyridine rings is 1. The number of anilines is 1. The van der Waals surface area contributed by atoms with Crippen LogP contribution in [0.15, 0.2) is 39.8 Å². The van der Waals surface area contributed by atoms with Crippen molar-refractivity contribution in [3.8, 4) is 0 Å². The molecule has 6 heteroatoms. The maximum Gasteiger partial charge on any atom is 0.277 e. The van der Waals surface area contributed by atoms with Gasteiger partial charge in [0, 0.05) is 12.3 Å². The summed E-state index contributed by atoms with van der Waals surface area (Å²) in [5, 5.41) is 6.16. The molecule has 76 valence electrons. The van der Waals surface area contributed by atoms with Gasteiger partial charge in [-0.1, -0.05) is 5.16 Å². The summed E-state index contributed by atoms with van der Waals surface area (Å²) in [6, 6.07) is 4.94. The van der Waals surface area contributed by atoms with E-state index in [0.717, 1.165) is 0 Å². The molecule has 2 heterocycles. The summed E-state index contributed by atoms with van der Waals surface area (Å²) in [5.41, 5.74) is 0.816. The number of hydrogen-bond donors (Lipinski definition) is 1.